The van der Waals surface area contributed by atoms with Crippen LogP contribution in [0, 0.1) is 0 Å². The number of carbonyl (C=O) groups excluding carboxylic acids is 1. The third kappa shape index (κ3) is 6.35. The summed E-state index contributed by atoms with van der Waals surface area (Å²) in [4.78, 5) is 34.0. The second kappa shape index (κ2) is 12.0. The zero-order valence-electron chi connectivity index (χ0n) is 22.7. The van der Waals surface area contributed by atoms with Crippen LogP contribution in [0.1, 0.15) is 60.6 Å². The fourth-order valence-electron chi connectivity index (χ4n) is 5.70. The van der Waals surface area contributed by atoms with Crippen molar-refractivity contribution < 1.29 is 22.7 Å². The number of likely N-dealkylation sites (tertiary alicyclic amines) is 1. The van der Waals surface area contributed by atoms with Gasteiger partial charge in [0.25, 0.3) is 5.91 Å². The molecule has 2 aliphatic heterocycles. The van der Waals surface area contributed by atoms with Gasteiger partial charge in [0.2, 0.25) is 15.9 Å². The Balaban J connectivity index is 1.22. The average Bonchev–Trinajstić information content (AvgIpc) is 3.78. The van der Waals surface area contributed by atoms with Crippen LogP contribution in [0.25, 0.3) is 10.6 Å². The van der Waals surface area contributed by atoms with Crippen molar-refractivity contribution in [1.82, 2.24) is 30.2 Å². The third-order valence-corrected chi connectivity index (χ3v) is 10.6. The van der Waals surface area contributed by atoms with E-state index in [-0.39, 0.29) is 28.3 Å². The Hall–Kier alpha value is -3.20. The van der Waals surface area contributed by atoms with Crippen molar-refractivity contribution in [3.05, 3.63) is 47.6 Å². The topological polar surface area (TPSA) is 149 Å². The van der Waals surface area contributed by atoms with Gasteiger partial charge in [0.1, 0.15) is 5.69 Å². The Labute approximate surface area is 243 Å². The Morgan fingerprint density at radius 2 is 2.10 bits per heavy atom. The smallest absolute Gasteiger partial charge is 0.280 e. The Morgan fingerprint density at radius 3 is 2.85 bits per heavy atom. The molecule has 1 amide bonds. The number of hydrogen-bond acceptors (Lipinski definition) is 11. The predicted molar refractivity (Wildman–Crippen MR) is 153 cm³/mol. The van der Waals surface area contributed by atoms with Gasteiger partial charge in [0.15, 0.2) is 5.01 Å². The second-order valence-corrected chi connectivity index (χ2v) is 13.5. The maximum atomic E-state index is 13.5. The molecule has 3 aliphatic rings. The van der Waals surface area contributed by atoms with E-state index in [1.807, 2.05) is 6.92 Å². The highest BCUT2D eigenvalue weighted by atomic mass is 32.2. The van der Waals surface area contributed by atoms with Gasteiger partial charge in [-0.25, -0.2) is 18.4 Å². The van der Waals surface area contributed by atoms with Crippen molar-refractivity contribution in [3.8, 4) is 16.5 Å². The molecule has 1 aliphatic carbocycles. The number of carbonyl (C=O) groups is 1. The molecule has 12 nitrogen and oxygen atoms in total. The molecule has 0 radical (unpaired) electrons. The van der Waals surface area contributed by atoms with E-state index in [4.69, 9.17) is 9.47 Å². The number of pyridine rings is 1. The van der Waals surface area contributed by atoms with E-state index in [2.05, 4.69) is 34.9 Å². The lowest BCUT2D eigenvalue weighted by atomic mass is 10.1. The van der Waals surface area contributed by atoms with Crippen molar-refractivity contribution in [3.63, 3.8) is 0 Å². The number of thiazole rings is 1. The summed E-state index contributed by atoms with van der Waals surface area (Å²) in [7, 11) is -3.50. The van der Waals surface area contributed by atoms with Crippen LogP contribution in [0.3, 0.4) is 0 Å². The van der Waals surface area contributed by atoms with Crippen LogP contribution < -0.4 is 14.8 Å². The standard InChI is InChI=1S/C27H33N7O5S2/c1-2-38-25-13-28-11-22(31-25)24-12-30-27(40-24)26(35)32-23(15-34-14-19-10-18(34)16-39-19)21-9-17(7-8-29-21)33-41(36,37)20-5-3-4-6-20/h7-9,11-13,18-20,23H,2-6,10,14-16H2,1H3,(H,29,33)(H,32,35)/t18-,19-,23-/m1/s1. The van der Waals surface area contributed by atoms with E-state index in [0.29, 0.717) is 60.4 Å². The lowest BCUT2D eigenvalue weighted by Crippen LogP contribution is -2.44. The number of anilines is 1. The fraction of sp³-hybridized carbons (Fsp3) is 0.519. The summed E-state index contributed by atoms with van der Waals surface area (Å²) in [6.45, 7) is 4.30. The van der Waals surface area contributed by atoms with Gasteiger partial charge in [-0.1, -0.05) is 12.8 Å². The Morgan fingerprint density at radius 1 is 1.24 bits per heavy atom. The van der Waals surface area contributed by atoms with Gasteiger partial charge in [-0.2, -0.15) is 0 Å². The van der Waals surface area contributed by atoms with Gasteiger partial charge in [0.05, 0.1) is 59.3 Å². The van der Waals surface area contributed by atoms with E-state index < -0.39 is 16.1 Å². The minimum absolute atomic E-state index is 0.198. The molecule has 0 aromatic carbocycles. The maximum Gasteiger partial charge on any atom is 0.280 e. The number of nitrogens with zero attached hydrogens (tertiary/aromatic N) is 5. The molecule has 0 unspecified atom stereocenters. The number of hydrogen-bond donors (Lipinski definition) is 2. The van der Waals surface area contributed by atoms with E-state index in [9.17, 15) is 13.2 Å². The molecule has 2 N–H and O–H groups in total. The molecular weight excluding hydrogens is 566 g/mol. The van der Waals surface area contributed by atoms with Gasteiger partial charge in [0, 0.05) is 31.5 Å². The number of ether oxygens (including phenoxy) is 2. The van der Waals surface area contributed by atoms with E-state index >= 15 is 0 Å². The number of amides is 1. The first-order chi connectivity index (χ1) is 19.9. The molecule has 14 heteroatoms. The highest BCUT2D eigenvalue weighted by Gasteiger charge is 2.40. The largest absolute Gasteiger partial charge is 0.477 e. The van der Waals surface area contributed by atoms with Crippen LogP contribution in [0.2, 0.25) is 0 Å². The molecule has 2 saturated heterocycles. The molecule has 218 valence electrons. The number of rotatable bonds is 11. The molecule has 3 aromatic heterocycles. The summed E-state index contributed by atoms with van der Waals surface area (Å²) < 4.78 is 39.8. The van der Waals surface area contributed by atoms with Gasteiger partial charge >= 0.3 is 0 Å². The number of sulfonamides is 1. The van der Waals surface area contributed by atoms with Gasteiger partial charge in [-0.15, -0.1) is 11.3 Å². The molecule has 2 bridgehead atoms. The highest BCUT2D eigenvalue weighted by Crippen LogP contribution is 2.31. The van der Waals surface area contributed by atoms with Gasteiger partial charge in [-0.05, 0) is 38.3 Å². The third-order valence-electron chi connectivity index (χ3n) is 7.73. The maximum absolute atomic E-state index is 13.5. The zero-order valence-corrected chi connectivity index (χ0v) is 24.4. The number of morpholine rings is 1. The van der Waals surface area contributed by atoms with Crippen LogP contribution in [0.4, 0.5) is 5.69 Å². The van der Waals surface area contributed by atoms with Crippen LogP contribution >= 0.6 is 11.3 Å². The quantitative estimate of drug-likeness (QED) is 0.337. The van der Waals surface area contributed by atoms with Crippen LogP contribution in [0.5, 0.6) is 5.88 Å². The SMILES string of the molecule is CCOc1cncc(-c2cnc(C(=O)N[C@H](CN3C[C@H]4C[C@@H]3CO4)c3cc(NS(=O)(=O)C4CCCC4)ccn3)s2)n1. The summed E-state index contributed by atoms with van der Waals surface area (Å²) in [5, 5.41) is 3.00. The summed E-state index contributed by atoms with van der Waals surface area (Å²) in [6.07, 6.45) is 10.7. The van der Waals surface area contributed by atoms with E-state index in [1.165, 1.54) is 17.5 Å². The van der Waals surface area contributed by atoms with Crippen molar-refractivity contribution in [2.24, 2.45) is 0 Å². The number of fused-ring (bicyclic) bond motifs is 2. The molecule has 6 rings (SSSR count). The first-order valence-corrected chi connectivity index (χ1v) is 16.3. The molecule has 1 saturated carbocycles. The van der Waals surface area contributed by atoms with Crippen molar-refractivity contribution >= 4 is 33.0 Å². The minimum Gasteiger partial charge on any atom is -0.477 e. The van der Waals surface area contributed by atoms with Crippen LogP contribution in [0.15, 0.2) is 36.9 Å². The van der Waals surface area contributed by atoms with Crippen molar-refractivity contribution in [1.29, 1.82) is 0 Å². The normalized spacial score (nSPS) is 21.7. The van der Waals surface area contributed by atoms with Crippen molar-refractivity contribution in [2.45, 2.75) is 62.5 Å². The van der Waals surface area contributed by atoms with Crippen LogP contribution in [-0.2, 0) is 14.8 Å². The van der Waals surface area contributed by atoms with E-state index in [0.717, 1.165) is 25.8 Å². The number of aromatic nitrogens is 4. The zero-order chi connectivity index (χ0) is 28.4. The lowest BCUT2D eigenvalue weighted by Gasteiger charge is -2.30. The van der Waals surface area contributed by atoms with Crippen LogP contribution in [-0.4, -0.2) is 82.9 Å². The molecule has 3 atom stereocenters. The molecule has 3 aromatic rings. The molecule has 3 fully saturated rings. The lowest BCUT2D eigenvalue weighted by molar-refractivity contribution is 0.0265. The monoisotopic (exact) mass is 599 g/mol. The molecule has 5 heterocycles. The molecule has 41 heavy (non-hydrogen) atoms. The Bertz CT molecular complexity index is 1490. The average molecular weight is 600 g/mol. The fourth-order valence-corrected chi connectivity index (χ4v) is 8.05. The second-order valence-electron chi connectivity index (χ2n) is 10.6. The molecule has 0 spiro atoms. The first kappa shape index (κ1) is 27.9. The summed E-state index contributed by atoms with van der Waals surface area (Å²) in [5.41, 5.74) is 1.58. The van der Waals surface area contributed by atoms with Crippen molar-refractivity contribution in [2.75, 3.05) is 31.0 Å². The highest BCUT2D eigenvalue weighted by molar-refractivity contribution is 7.93. The molecular formula is C27H33N7O5S2. The predicted octanol–water partition coefficient (Wildman–Crippen LogP) is 3.02. The first-order valence-electron chi connectivity index (χ1n) is 13.9. The summed E-state index contributed by atoms with van der Waals surface area (Å²) >= 11 is 1.21. The van der Waals surface area contributed by atoms with Gasteiger partial charge < -0.3 is 14.8 Å². The van der Waals surface area contributed by atoms with Gasteiger partial charge in [-0.3, -0.25) is 24.4 Å². The summed E-state index contributed by atoms with van der Waals surface area (Å²) in [5.74, 6) is 0.0578. The van der Waals surface area contributed by atoms with E-state index in [1.54, 1.807) is 30.7 Å². The minimum atomic E-state index is -3.50. The summed E-state index contributed by atoms with van der Waals surface area (Å²) in [6, 6.07) is 3.15. The Kier molecular flexibility index (Phi) is 8.15. The number of nitrogens with one attached hydrogen (secondary N) is 2.